The lowest BCUT2D eigenvalue weighted by Crippen LogP contribution is -3.00. The second kappa shape index (κ2) is 7.92. The summed E-state index contributed by atoms with van der Waals surface area (Å²) in [5, 5.41) is 20.9. The van der Waals surface area contributed by atoms with Gasteiger partial charge < -0.3 is 38.9 Å². The number of fused-ring (bicyclic) bond motifs is 5. The second-order valence-corrected chi connectivity index (χ2v) is 8.86. The van der Waals surface area contributed by atoms with Crippen molar-refractivity contribution in [3.05, 3.63) is 51.4 Å². The van der Waals surface area contributed by atoms with Crippen LogP contribution in [0.5, 0.6) is 0 Å². The van der Waals surface area contributed by atoms with Crippen LogP contribution in [0.15, 0.2) is 40.1 Å². The quantitative estimate of drug-likeness (QED) is 0.188. The van der Waals surface area contributed by atoms with Crippen molar-refractivity contribution in [2.45, 2.75) is 24.9 Å². The molecule has 32 heavy (non-hydrogen) atoms. The number of nitrogens with zero attached hydrogens (tertiary/aromatic N) is 4. The third-order valence-corrected chi connectivity index (χ3v) is 5.91. The Bertz CT molecular complexity index is 1450. The van der Waals surface area contributed by atoms with Crippen LogP contribution in [0.3, 0.4) is 0 Å². The van der Waals surface area contributed by atoms with E-state index in [0.29, 0.717) is 15.4 Å². The average molecular weight is 553 g/mol. The van der Waals surface area contributed by atoms with Crippen LogP contribution in [-0.4, -0.2) is 69.1 Å². The Morgan fingerprint density at radius 1 is 1.22 bits per heavy atom. The van der Waals surface area contributed by atoms with Gasteiger partial charge in [-0.05, 0) is 12.1 Å². The van der Waals surface area contributed by atoms with Crippen LogP contribution in [0.4, 0.5) is 5.69 Å². The summed E-state index contributed by atoms with van der Waals surface area (Å²) in [6.45, 7) is -0.344. The maximum Gasteiger partial charge on any atom is 0.351 e. The molecule has 10 nitrogen and oxygen atoms in total. The van der Waals surface area contributed by atoms with Gasteiger partial charge in [-0.3, -0.25) is 18.4 Å². The number of H-pyrrole nitrogens is 1. The third-order valence-electron chi connectivity index (χ3n) is 5.91. The third kappa shape index (κ3) is 3.53. The average Bonchev–Trinajstić information content (AvgIpc) is 3.27. The molecule has 0 radical (unpaired) electrons. The summed E-state index contributed by atoms with van der Waals surface area (Å²) in [4.78, 5) is 32.1. The fraction of sp³-hybridized carbons (Fsp3) is 0.381. The van der Waals surface area contributed by atoms with E-state index in [-0.39, 0.29) is 48.3 Å². The molecule has 0 saturated carbocycles. The van der Waals surface area contributed by atoms with E-state index in [2.05, 4.69) is 31.1 Å². The van der Waals surface area contributed by atoms with Crippen LogP contribution >= 0.6 is 0 Å². The summed E-state index contributed by atoms with van der Waals surface area (Å²) in [6, 6.07) is 7.84. The first kappa shape index (κ1) is 22.9. The molecule has 0 unspecified atom stereocenters. The fourth-order valence-corrected chi connectivity index (χ4v) is 4.20. The minimum Gasteiger partial charge on any atom is -1.00 e. The Kier molecular flexibility index (Phi) is 5.66. The molecular weight excluding hydrogens is 529 g/mol. The van der Waals surface area contributed by atoms with E-state index >= 15 is 0 Å². The topological polar surface area (TPSA) is 122 Å². The van der Waals surface area contributed by atoms with Crippen molar-refractivity contribution in [2.75, 3.05) is 27.7 Å². The van der Waals surface area contributed by atoms with Crippen LogP contribution in [0, 0.1) is 0 Å². The SMILES string of the molecule is C[N+](C)(C)c1ccc2c(c1)cc1c3cn([C@H]4C[C@H](O)[C@@H](CO)O4)c(=O)nc3[nH]c(=O)n21.[I-]. The molecule has 11 heteroatoms. The zero-order valence-electron chi connectivity index (χ0n) is 17.8. The Morgan fingerprint density at radius 3 is 2.62 bits per heavy atom. The number of quaternary nitrogens is 1. The highest BCUT2D eigenvalue weighted by Gasteiger charge is 2.35. The van der Waals surface area contributed by atoms with E-state index in [1.54, 1.807) is 10.6 Å². The molecule has 170 valence electrons. The van der Waals surface area contributed by atoms with E-state index in [9.17, 15) is 19.8 Å². The molecule has 4 aromatic rings. The van der Waals surface area contributed by atoms with Gasteiger partial charge in [-0.15, -0.1) is 0 Å². The molecule has 1 saturated heterocycles. The minimum atomic E-state index is -0.877. The summed E-state index contributed by atoms with van der Waals surface area (Å²) >= 11 is 0. The Labute approximate surface area is 199 Å². The second-order valence-electron chi connectivity index (χ2n) is 8.86. The van der Waals surface area contributed by atoms with Gasteiger partial charge in [0.1, 0.15) is 18.0 Å². The van der Waals surface area contributed by atoms with Gasteiger partial charge in [0.25, 0.3) is 0 Å². The minimum absolute atomic E-state index is 0. The highest BCUT2D eigenvalue weighted by Crippen LogP contribution is 2.30. The zero-order chi connectivity index (χ0) is 22.1. The first-order chi connectivity index (χ1) is 14.7. The van der Waals surface area contributed by atoms with Crippen molar-refractivity contribution >= 4 is 33.1 Å². The summed E-state index contributed by atoms with van der Waals surface area (Å²) in [7, 11) is 6.20. The van der Waals surface area contributed by atoms with Gasteiger partial charge in [-0.25, -0.2) is 9.59 Å². The number of aliphatic hydroxyl groups is 2. The van der Waals surface area contributed by atoms with E-state index in [0.717, 1.165) is 16.6 Å². The van der Waals surface area contributed by atoms with Crippen LogP contribution in [0.1, 0.15) is 12.6 Å². The smallest absolute Gasteiger partial charge is 0.351 e. The highest BCUT2D eigenvalue weighted by atomic mass is 127. The number of benzene rings is 1. The Morgan fingerprint density at radius 2 is 1.97 bits per heavy atom. The summed E-state index contributed by atoms with van der Waals surface area (Å²) < 4.78 is 9.13. The van der Waals surface area contributed by atoms with E-state index in [4.69, 9.17) is 4.74 Å². The number of rotatable bonds is 3. The monoisotopic (exact) mass is 553 g/mol. The molecule has 0 amide bonds. The van der Waals surface area contributed by atoms with Gasteiger partial charge in [-0.2, -0.15) is 4.98 Å². The maximum atomic E-state index is 12.8. The molecule has 3 atom stereocenters. The molecule has 5 rings (SSSR count). The lowest BCUT2D eigenvalue weighted by atomic mass is 10.2. The van der Waals surface area contributed by atoms with Crippen molar-refractivity contribution in [2.24, 2.45) is 0 Å². The Balaban J connectivity index is 0.00000245. The fourth-order valence-electron chi connectivity index (χ4n) is 4.20. The summed E-state index contributed by atoms with van der Waals surface area (Å²) in [6.07, 6.45) is -0.635. The first-order valence-corrected chi connectivity index (χ1v) is 10.0. The van der Waals surface area contributed by atoms with Crippen molar-refractivity contribution < 1.29 is 38.9 Å². The highest BCUT2D eigenvalue weighted by molar-refractivity contribution is 5.99. The molecule has 0 spiro atoms. The Hall–Kier alpha value is -2.32. The molecule has 1 aliphatic heterocycles. The lowest BCUT2D eigenvalue weighted by Gasteiger charge is -2.23. The van der Waals surface area contributed by atoms with Crippen molar-refractivity contribution in [1.82, 2.24) is 23.4 Å². The standard InChI is InChI=1S/C21H23N5O5.HI/c1-26(2,3)12-4-5-14-11(6-12)7-15-13-9-24(18-8-16(28)17(10-27)31-18)20(29)22-19(13)23-21(30)25(14)15;/h4-7,9,16-18,27-28H,8,10H2,1-3H3;1H/t16-,17+,18+;/m0./s1. The number of ether oxygens (including phenoxy) is 1. The van der Waals surface area contributed by atoms with Crippen molar-refractivity contribution in [1.29, 1.82) is 0 Å². The number of nitrogens with one attached hydrogen (secondary N) is 1. The van der Waals surface area contributed by atoms with E-state index in [1.807, 2.05) is 24.3 Å². The zero-order valence-corrected chi connectivity index (χ0v) is 20.0. The summed E-state index contributed by atoms with van der Waals surface area (Å²) in [5.41, 5.74) is 1.65. The predicted octanol–water partition coefficient (Wildman–Crippen LogP) is -2.67. The summed E-state index contributed by atoms with van der Waals surface area (Å²) in [5.74, 6) is 0. The largest absolute Gasteiger partial charge is 1.00 e. The maximum absolute atomic E-state index is 12.8. The molecule has 0 bridgehead atoms. The van der Waals surface area contributed by atoms with Crippen LogP contribution in [-0.2, 0) is 4.74 Å². The number of hydrogen-bond donors (Lipinski definition) is 3. The van der Waals surface area contributed by atoms with E-state index in [1.165, 1.54) is 4.57 Å². The molecule has 0 aliphatic carbocycles. The van der Waals surface area contributed by atoms with Crippen LogP contribution in [0.2, 0.25) is 0 Å². The predicted molar refractivity (Wildman–Crippen MR) is 116 cm³/mol. The van der Waals surface area contributed by atoms with Gasteiger partial charge in [0.2, 0.25) is 0 Å². The van der Waals surface area contributed by atoms with E-state index < -0.39 is 24.1 Å². The van der Waals surface area contributed by atoms with Crippen molar-refractivity contribution in [3.8, 4) is 0 Å². The van der Waals surface area contributed by atoms with Crippen molar-refractivity contribution in [3.63, 3.8) is 0 Å². The molecule has 1 aliphatic rings. The number of aliphatic hydroxyl groups excluding tert-OH is 2. The number of hydrogen-bond acceptors (Lipinski definition) is 6. The number of aromatic amines is 1. The lowest BCUT2D eigenvalue weighted by molar-refractivity contribution is -0.0457. The number of halogens is 1. The van der Waals surface area contributed by atoms with Gasteiger partial charge in [0.15, 0.2) is 5.65 Å². The molecular formula is C21H24IN5O5. The first-order valence-electron chi connectivity index (χ1n) is 10.0. The van der Waals surface area contributed by atoms with Crippen LogP contribution < -0.4 is 39.8 Å². The van der Waals surface area contributed by atoms with Gasteiger partial charge >= 0.3 is 11.4 Å². The molecule has 1 aromatic carbocycles. The molecule has 3 aromatic heterocycles. The molecule has 3 N–H and O–H groups in total. The van der Waals surface area contributed by atoms with Gasteiger partial charge in [0, 0.05) is 30.1 Å². The molecule has 4 heterocycles. The number of aromatic nitrogens is 4. The van der Waals surface area contributed by atoms with Crippen LogP contribution in [0.25, 0.3) is 27.5 Å². The van der Waals surface area contributed by atoms with Gasteiger partial charge in [0.05, 0.1) is 50.3 Å². The normalized spacial score (nSPS) is 21.5. The van der Waals surface area contributed by atoms with Gasteiger partial charge in [-0.1, -0.05) is 0 Å². The molecule has 1 fully saturated rings.